The highest BCUT2D eigenvalue weighted by Gasteiger charge is 2.31. The molecule has 1 heterocycles. The molecule has 4 heteroatoms. The van der Waals surface area contributed by atoms with Crippen LogP contribution in [0.4, 0.5) is 0 Å². The van der Waals surface area contributed by atoms with Crippen LogP contribution in [0.15, 0.2) is 23.0 Å². The minimum atomic E-state index is -0.143. The Balaban J connectivity index is 1.75. The van der Waals surface area contributed by atoms with Crippen LogP contribution < -0.4 is 11.0 Å². The molecule has 1 aromatic heterocycles. The zero-order valence-electron chi connectivity index (χ0n) is 12.4. The van der Waals surface area contributed by atoms with Gasteiger partial charge in [0.1, 0.15) is 0 Å². The van der Waals surface area contributed by atoms with Gasteiger partial charge in [0.15, 0.2) is 0 Å². The molecule has 2 atom stereocenters. The maximum Gasteiger partial charge on any atom is 0.323 e. The van der Waals surface area contributed by atoms with Crippen molar-refractivity contribution in [1.82, 2.24) is 15.3 Å². The molecule has 20 heavy (non-hydrogen) atoms. The number of hydrogen-bond donors (Lipinski definition) is 3. The second-order valence-electron chi connectivity index (χ2n) is 6.88. The van der Waals surface area contributed by atoms with Crippen molar-refractivity contribution in [1.29, 1.82) is 0 Å². The summed E-state index contributed by atoms with van der Waals surface area (Å²) in [5.74, 6) is 0. The lowest BCUT2D eigenvalue weighted by Gasteiger charge is -2.22. The van der Waals surface area contributed by atoms with Crippen LogP contribution >= 0.6 is 0 Å². The maximum atomic E-state index is 11.3. The van der Waals surface area contributed by atoms with Gasteiger partial charge in [0, 0.05) is 12.1 Å². The number of imidazole rings is 1. The lowest BCUT2D eigenvalue weighted by atomic mass is 9.91. The van der Waals surface area contributed by atoms with Gasteiger partial charge < -0.3 is 15.3 Å². The molecule has 0 bridgehead atoms. The first-order chi connectivity index (χ1) is 9.43. The number of hydrogen-bond acceptors (Lipinski definition) is 2. The quantitative estimate of drug-likeness (QED) is 0.804. The van der Waals surface area contributed by atoms with E-state index in [0.717, 1.165) is 11.0 Å². The molecule has 1 saturated carbocycles. The van der Waals surface area contributed by atoms with E-state index >= 15 is 0 Å². The van der Waals surface area contributed by atoms with E-state index in [1.54, 1.807) is 0 Å². The van der Waals surface area contributed by atoms with Gasteiger partial charge in [-0.1, -0.05) is 19.9 Å². The van der Waals surface area contributed by atoms with E-state index in [4.69, 9.17) is 0 Å². The van der Waals surface area contributed by atoms with Gasteiger partial charge in [0.05, 0.1) is 11.0 Å². The minimum absolute atomic E-state index is 0.143. The average molecular weight is 273 g/mol. The zero-order valence-corrected chi connectivity index (χ0v) is 12.4. The van der Waals surface area contributed by atoms with Gasteiger partial charge in [-0.3, -0.25) is 0 Å². The molecule has 108 valence electrons. The second-order valence-corrected chi connectivity index (χ2v) is 6.88. The lowest BCUT2D eigenvalue weighted by molar-refractivity contribution is 0.356. The Morgan fingerprint density at radius 1 is 1.30 bits per heavy atom. The third-order valence-electron chi connectivity index (χ3n) is 4.49. The van der Waals surface area contributed by atoms with Crippen molar-refractivity contribution in [2.45, 2.75) is 52.1 Å². The number of aromatic nitrogens is 2. The van der Waals surface area contributed by atoms with Crippen LogP contribution in [0, 0.1) is 5.41 Å². The molecular formula is C16H23N3O. The number of rotatable bonds is 3. The Bertz CT molecular complexity index is 668. The summed E-state index contributed by atoms with van der Waals surface area (Å²) in [5.41, 5.74) is 3.29. The maximum absolute atomic E-state index is 11.3. The van der Waals surface area contributed by atoms with Crippen molar-refractivity contribution < 1.29 is 0 Å². The summed E-state index contributed by atoms with van der Waals surface area (Å²) in [5, 5.41) is 3.72. The van der Waals surface area contributed by atoms with Crippen molar-refractivity contribution in [2.75, 3.05) is 0 Å². The molecule has 1 aliphatic carbocycles. The molecule has 0 spiro atoms. The fourth-order valence-electron chi connectivity index (χ4n) is 3.35. The fraction of sp³-hybridized carbons (Fsp3) is 0.562. The Morgan fingerprint density at radius 3 is 2.75 bits per heavy atom. The van der Waals surface area contributed by atoms with Crippen LogP contribution in [-0.2, 0) is 0 Å². The predicted molar refractivity (Wildman–Crippen MR) is 81.9 cm³/mol. The van der Waals surface area contributed by atoms with E-state index < -0.39 is 0 Å². The number of nitrogens with one attached hydrogen (secondary N) is 3. The van der Waals surface area contributed by atoms with E-state index in [-0.39, 0.29) is 5.69 Å². The zero-order chi connectivity index (χ0) is 14.3. The van der Waals surface area contributed by atoms with Gasteiger partial charge in [-0.25, -0.2) is 4.79 Å². The fourth-order valence-corrected chi connectivity index (χ4v) is 3.35. The molecule has 0 aliphatic heterocycles. The molecule has 1 aliphatic rings. The Labute approximate surface area is 119 Å². The summed E-state index contributed by atoms with van der Waals surface area (Å²) in [6.07, 6.45) is 3.78. The first kappa shape index (κ1) is 13.4. The van der Waals surface area contributed by atoms with E-state index in [1.807, 2.05) is 6.07 Å². The molecule has 3 N–H and O–H groups in total. The van der Waals surface area contributed by atoms with Gasteiger partial charge in [-0.05, 0) is 49.3 Å². The Kier molecular flexibility index (Phi) is 3.21. The van der Waals surface area contributed by atoms with E-state index in [0.29, 0.717) is 17.5 Å². The summed E-state index contributed by atoms with van der Waals surface area (Å²) in [6.45, 7) is 6.88. The van der Waals surface area contributed by atoms with Gasteiger partial charge in [-0.2, -0.15) is 0 Å². The van der Waals surface area contributed by atoms with Crippen LogP contribution in [-0.4, -0.2) is 16.0 Å². The largest absolute Gasteiger partial charge is 0.323 e. The van der Waals surface area contributed by atoms with Gasteiger partial charge in [-0.15, -0.1) is 0 Å². The van der Waals surface area contributed by atoms with Gasteiger partial charge >= 0.3 is 5.69 Å². The third-order valence-corrected chi connectivity index (χ3v) is 4.49. The molecule has 0 radical (unpaired) electrons. The summed E-state index contributed by atoms with van der Waals surface area (Å²) in [6, 6.07) is 7.02. The number of H-pyrrole nitrogens is 2. The first-order valence-electron chi connectivity index (χ1n) is 7.41. The van der Waals surface area contributed by atoms with E-state index in [9.17, 15) is 4.79 Å². The predicted octanol–water partition coefficient (Wildman–Crippen LogP) is 3.09. The van der Waals surface area contributed by atoms with Crippen molar-refractivity contribution >= 4 is 11.0 Å². The highest BCUT2D eigenvalue weighted by atomic mass is 16.1. The summed E-state index contributed by atoms with van der Waals surface area (Å²) < 4.78 is 0. The summed E-state index contributed by atoms with van der Waals surface area (Å²) in [7, 11) is 0. The molecular weight excluding hydrogens is 250 g/mol. The average Bonchev–Trinajstić information content (AvgIpc) is 2.89. The smallest absolute Gasteiger partial charge is 0.307 e. The van der Waals surface area contributed by atoms with E-state index in [2.05, 4.69) is 48.2 Å². The molecule has 0 amide bonds. The van der Waals surface area contributed by atoms with Crippen LogP contribution in [0.5, 0.6) is 0 Å². The van der Waals surface area contributed by atoms with Crippen molar-refractivity contribution in [3.05, 3.63) is 34.2 Å². The second kappa shape index (κ2) is 4.77. The number of aromatic amines is 2. The highest BCUT2D eigenvalue weighted by molar-refractivity contribution is 5.75. The summed E-state index contributed by atoms with van der Waals surface area (Å²) in [4.78, 5) is 16.9. The molecule has 1 aromatic carbocycles. The van der Waals surface area contributed by atoms with Gasteiger partial charge in [0.2, 0.25) is 0 Å². The first-order valence-corrected chi connectivity index (χ1v) is 7.41. The lowest BCUT2D eigenvalue weighted by Crippen LogP contribution is -2.30. The van der Waals surface area contributed by atoms with Crippen molar-refractivity contribution in [3.63, 3.8) is 0 Å². The monoisotopic (exact) mass is 273 g/mol. The normalized spacial score (nSPS) is 23.2. The Morgan fingerprint density at radius 2 is 2.05 bits per heavy atom. The van der Waals surface area contributed by atoms with Crippen LogP contribution in [0.2, 0.25) is 0 Å². The molecule has 1 fully saturated rings. The Hall–Kier alpha value is -1.55. The third kappa shape index (κ3) is 2.66. The molecule has 4 nitrogen and oxygen atoms in total. The standard InChI is InChI=1S/C16H23N3O/c1-10(17-12-6-7-16(2,3)9-12)11-4-5-13-14(8-11)19-15(20)18-13/h4-5,8,10,12,17H,6-7,9H2,1-3H3,(H2,18,19,20). The van der Waals surface area contributed by atoms with Crippen molar-refractivity contribution in [3.8, 4) is 0 Å². The molecule has 0 saturated heterocycles. The molecule has 2 aromatic rings. The van der Waals surface area contributed by atoms with Crippen LogP contribution in [0.1, 0.15) is 51.6 Å². The van der Waals surface area contributed by atoms with Crippen LogP contribution in [0.3, 0.4) is 0 Å². The van der Waals surface area contributed by atoms with Crippen molar-refractivity contribution in [2.24, 2.45) is 5.41 Å². The summed E-state index contributed by atoms with van der Waals surface area (Å²) >= 11 is 0. The highest BCUT2D eigenvalue weighted by Crippen LogP contribution is 2.37. The van der Waals surface area contributed by atoms with E-state index in [1.165, 1.54) is 24.8 Å². The molecule has 3 rings (SSSR count). The number of benzene rings is 1. The molecule has 2 unspecified atom stereocenters. The minimum Gasteiger partial charge on any atom is -0.307 e. The number of fused-ring (bicyclic) bond motifs is 1. The SMILES string of the molecule is CC(NC1CCC(C)(C)C1)c1ccc2[nH]c(=O)[nH]c2c1. The van der Waals surface area contributed by atoms with Gasteiger partial charge in [0.25, 0.3) is 0 Å². The topological polar surface area (TPSA) is 60.7 Å². The van der Waals surface area contributed by atoms with Crippen LogP contribution in [0.25, 0.3) is 11.0 Å².